The first-order chi connectivity index (χ1) is 16.0. The lowest BCUT2D eigenvalue weighted by Gasteiger charge is -2.26. The van der Waals surface area contributed by atoms with E-state index < -0.39 is 0 Å². The first-order valence-electron chi connectivity index (χ1n) is 11.5. The molecule has 0 saturated carbocycles. The van der Waals surface area contributed by atoms with Crippen LogP contribution in [0.15, 0.2) is 59.4 Å². The number of nitrogens with one attached hydrogen (secondary N) is 2. The lowest BCUT2D eigenvalue weighted by Crippen LogP contribution is -2.41. The molecule has 0 aliphatic carbocycles. The van der Waals surface area contributed by atoms with Crippen molar-refractivity contribution in [2.45, 2.75) is 33.4 Å². The molecule has 3 aromatic rings. The van der Waals surface area contributed by atoms with Gasteiger partial charge < -0.3 is 24.8 Å². The van der Waals surface area contributed by atoms with Gasteiger partial charge in [-0.25, -0.2) is 0 Å². The molecule has 0 aliphatic rings. The van der Waals surface area contributed by atoms with E-state index in [4.69, 9.17) is 17.0 Å². The number of benzene rings is 2. The number of aromatic amines is 1. The van der Waals surface area contributed by atoms with Crippen LogP contribution >= 0.6 is 12.2 Å². The lowest BCUT2D eigenvalue weighted by atomic mass is 10.1. The third-order valence-electron chi connectivity index (χ3n) is 5.82. The predicted molar refractivity (Wildman–Crippen MR) is 140 cm³/mol. The molecule has 2 aromatic carbocycles. The topological polar surface area (TPSA) is 60.6 Å². The van der Waals surface area contributed by atoms with Crippen molar-refractivity contribution in [1.29, 1.82) is 0 Å². The van der Waals surface area contributed by atoms with Gasteiger partial charge >= 0.3 is 0 Å². The number of rotatable bonds is 11. The Labute approximate surface area is 201 Å². The van der Waals surface area contributed by atoms with Gasteiger partial charge in [-0.3, -0.25) is 4.79 Å². The van der Waals surface area contributed by atoms with Gasteiger partial charge in [0.25, 0.3) is 5.56 Å². The van der Waals surface area contributed by atoms with Crippen molar-refractivity contribution < 1.29 is 4.74 Å². The fraction of sp³-hybridized carbons (Fsp3) is 0.385. The molecule has 0 saturated heterocycles. The Morgan fingerprint density at radius 3 is 2.52 bits per heavy atom. The Hall–Kier alpha value is -2.90. The molecule has 2 N–H and O–H groups in total. The predicted octanol–water partition coefficient (Wildman–Crippen LogP) is 4.15. The van der Waals surface area contributed by atoms with E-state index in [0.717, 1.165) is 49.1 Å². The van der Waals surface area contributed by atoms with Crippen molar-refractivity contribution in [2.75, 3.05) is 33.3 Å². The second-order valence-electron chi connectivity index (χ2n) is 8.03. The maximum absolute atomic E-state index is 12.9. The van der Waals surface area contributed by atoms with Crippen LogP contribution in [0.25, 0.3) is 10.9 Å². The molecule has 1 aromatic heterocycles. The number of thiocarbonyl (C=S) groups is 1. The minimum Gasteiger partial charge on any atom is -0.497 e. The summed E-state index contributed by atoms with van der Waals surface area (Å²) in [5.41, 5.74) is 2.47. The van der Waals surface area contributed by atoms with Crippen LogP contribution in [-0.2, 0) is 13.1 Å². The van der Waals surface area contributed by atoms with Crippen molar-refractivity contribution in [2.24, 2.45) is 0 Å². The molecule has 33 heavy (non-hydrogen) atoms. The van der Waals surface area contributed by atoms with Crippen molar-refractivity contribution in [3.63, 3.8) is 0 Å². The fourth-order valence-corrected chi connectivity index (χ4v) is 4.06. The van der Waals surface area contributed by atoms with E-state index in [1.165, 1.54) is 0 Å². The number of pyridine rings is 1. The molecular formula is C26H34N4O2S. The number of nitrogens with zero attached hydrogens (tertiary/aromatic N) is 2. The molecule has 0 unspecified atom stereocenters. The van der Waals surface area contributed by atoms with E-state index in [1.807, 2.05) is 42.5 Å². The van der Waals surface area contributed by atoms with Gasteiger partial charge in [-0.2, -0.15) is 0 Å². The summed E-state index contributed by atoms with van der Waals surface area (Å²) >= 11 is 5.75. The molecule has 1 heterocycles. The van der Waals surface area contributed by atoms with E-state index >= 15 is 0 Å². The summed E-state index contributed by atoms with van der Waals surface area (Å²) in [4.78, 5) is 20.3. The van der Waals surface area contributed by atoms with E-state index in [0.29, 0.717) is 29.5 Å². The summed E-state index contributed by atoms with van der Waals surface area (Å²) < 4.78 is 5.27. The third-order valence-corrected chi connectivity index (χ3v) is 6.22. The summed E-state index contributed by atoms with van der Waals surface area (Å²) in [6, 6.07) is 17.8. The number of methoxy groups -OCH3 is 1. The highest BCUT2D eigenvalue weighted by atomic mass is 32.1. The van der Waals surface area contributed by atoms with Crippen LogP contribution in [0, 0.1) is 0 Å². The molecule has 3 rings (SSSR count). The van der Waals surface area contributed by atoms with Gasteiger partial charge in [0.05, 0.1) is 19.2 Å². The second-order valence-corrected chi connectivity index (χ2v) is 8.42. The first-order valence-corrected chi connectivity index (χ1v) is 11.9. The summed E-state index contributed by atoms with van der Waals surface area (Å²) in [5.74, 6) is 0.715. The monoisotopic (exact) mass is 466 g/mol. The van der Waals surface area contributed by atoms with Crippen molar-refractivity contribution in [3.8, 4) is 5.75 Å². The molecule has 0 atom stereocenters. The van der Waals surface area contributed by atoms with Gasteiger partial charge in [0.1, 0.15) is 5.75 Å². The Morgan fingerprint density at radius 1 is 1.06 bits per heavy atom. The number of fused-ring (bicyclic) bond motifs is 1. The van der Waals surface area contributed by atoms with Gasteiger partial charge in [0.2, 0.25) is 0 Å². The Bertz CT molecular complexity index is 1100. The van der Waals surface area contributed by atoms with Crippen molar-refractivity contribution in [3.05, 3.63) is 76.1 Å². The Balaban J connectivity index is 1.75. The van der Waals surface area contributed by atoms with Gasteiger partial charge in [0.15, 0.2) is 5.11 Å². The summed E-state index contributed by atoms with van der Waals surface area (Å²) in [7, 11) is 1.62. The molecule has 0 amide bonds. The first kappa shape index (κ1) is 24.7. The minimum absolute atomic E-state index is 0.113. The minimum atomic E-state index is -0.113. The zero-order valence-electron chi connectivity index (χ0n) is 19.8. The zero-order valence-corrected chi connectivity index (χ0v) is 20.6. The highest BCUT2D eigenvalue weighted by Crippen LogP contribution is 2.19. The van der Waals surface area contributed by atoms with E-state index in [2.05, 4.69) is 46.1 Å². The molecule has 0 fully saturated rings. The number of H-pyrrole nitrogens is 1. The smallest absolute Gasteiger partial charge is 0.253 e. The molecule has 0 aliphatic heterocycles. The average molecular weight is 467 g/mol. The maximum atomic E-state index is 12.9. The quantitative estimate of drug-likeness (QED) is 0.327. The summed E-state index contributed by atoms with van der Waals surface area (Å²) in [6.45, 7) is 9.36. The molecule has 0 spiro atoms. The molecule has 176 valence electrons. The number of hydrogen-bond donors (Lipinski definition) is 2. The Morgan fingerprint density at radius 2 is 1.82 bits per heavy atom. The maximum Gasteiger partial charge on any atom is 0.253 e. The van der Waals surface area contributed by atoms with Crippen LogP contribution in [-0.4, -0.2) is 53.2 Å². The van der Waals surface area contributed by atoms with Crippen LogP contribution in [0.4, 0.5) is 0 Å². The molecule has 0 radical (unpaired) electrons. The summed E-state index contributed by atoms with van der Waals surface area (Å²) in [5, 5.41) is 5.02. The van der Waals surface area contributed by atoms with Crippen LogP contribution in [0.3, 0.4) is 0 Å². The highest BCUT2D eigenvalue weighted by molar-refractivity contribution is 7.80. The van der Waals surface area contributed by atoms with Crippen molar-refractivity contribution in [1.82, 2.24) is 20.1 Å². The molecular weight excluding hydrogens is 432 g/mol. The second kappa shape index (κ2) is 12.4. The fourth-order valence-electron chi connectivity index (χ4n) is 3.83. The molecule has 6 nitrogen and oxygen atoms in total. The number of aromatic nitrogens is 1. The Kier molecular flexibility index (Phi) is 9.27. The van der Waals surface area contributed by atoms with Crippen molar-refractivity contribution >= 4 is 28.2 Å². The molecule has 0 bridgehead atoms. The van der Waals surface area contributed by atoms with Crippen LogP contribution in [0.1, 0.15) is 31.4 Å². The molecule has 7 heteroatoms. The third kappa shape index (κ3) is 7.04. The average Bonchev–Trinajstić information content (AvgIpc) is 2.84. The lowest BCUT2D eigenvalue weighted by molar-refractivity contribution is 0.299. The van der Waals surface area contributed by atoms with E-state index in [1.54, 1.807) is 7.11 Å². The number of hydrogen-bond acceptors (Lipinski definition) is 4. The summed E-state index contributed by atoms with van der Waals surface area (Å²) in [6.07, 6.45) is 1.01. The largest absolute Gasteiger partial charge is 0.497 e. The normalized spacial score (nSPS) is 11.0. The van der Waals surface area contributed by atoms with Gasteiger partial charge in [-0.05, 0) is 67.4 Å². The van der Waals surface area contributed by atoms with E-state index in [-0.39, 0.29) is 5.56 Å². The zero-order chi connectivity index (χ0) is 23.6. The standard InChI is InChI=1S/C26H34N4O2S/c1-4-29(5-2)15-9-14-27-26(33)30(18-20-10-7-6-8-11-20)19-22-16-21-12-13-23(32-3)17-24(21)28-25(22)31/h6-8,10-13,16-17H,4-5,9,14-15,18-19H2,1-3H3,(H,27,33)(H,28,31). The van der Waals surface area contributed by atoms with Crippen LogP contribution in [0.5, 0.6) is 5.75 Å². The SMILES string of the molecule is CCN(CC)CCCNC(=S)N(Cc1ccccc1)Cc1cc2ccc(OC)cc2[nH]c1=O. The van der Waals surface area contributed by atoms with Gasteiger partial charge in [0, 0.05) is 24.7 Å². The number of ether oxygens (including phenoxy) is 1. The van der Waals surface area contributed by atoms with Crippen LogP contribution in [0.2, 0.25) is 0 Å². The van der Waals surface area contributed by atoms with Gasteiger partial charge in [-0.1, -0.05) is 44.2 Å². The van der Waals surface area contributed by atoms with Gasteiger partial charge in [-0.15, -0.1) is 0 Å². The highest BCUT2D eigenvalue weighted by Gasteiger charge is 2.14. The van der Waals surface area contributed by atoms with Crippen LogP contribution < -0.4 is 15.6 Å². The van der Waals surface area contributed by atoms with E-state index in [9.17, 15) is 4.79 Å².